The molecule has 4 rings (SSSR count). The van der Waals surface area contributed by atoms with Crippen LogP contribution in [0.15, 0.2) is 29.2 Å². The minimum atomic E-state index is -3.79. The van der Waals surface area contributed by atoms with Crippen LogP contribution in [-0.4, -0.2) is 102 Å². The summed E-state index contributed by atoms with van der Waals surface area (Å²) in [6.45, 7) is 4.05. The van der Waals surface area contributed by atoms with Crippen LogP contribution >= 0.6 is 11.8 Å². The first-order valence-corrected chi connectivity index (χ1v) is 13.4. The second-order valence-corrected chi connectivity index (χ2v) is 11.2. The molecule has 11 heteroatoms. The highest BCUT2D eigenvalue weighted by atomic mass is 32.2. The van der Waals surface area contributed by atoms with Crippen molar-refractivity contribution in [2.75, 3.05) is 50.9 Å². The Balaban J connectivity index is 1.50. The zero-order chi connectivity index (χ0) is 22.9. The maximum absolute atomic E-state index is 13.2. The second-order valence-electron chi connectivity index (χ2n) is 8.26. The first-order chi connectivity index (χ1) is 15.3. The SMILES string of the molecule is CC(=O)N1CCN(S(=O)(=O)c2cccc(C(=O)N3CSCC3C(=O)N3CCCC3)c2)CC1. The van der Waals surface area contributed by atoms with Gasteiger partial charge in [-0.1, -0.05) is 6.07 Å². The minimum Gasteiger partial charge on any atom is -0.341 e. The van der Waals surface area contributed by atoms with E-state index in [1.54, 1.807) is 21.9 Å². The van der Waals surface area contributed by atoms with Crippen LogP contribution in [0.4, 0.5) is 0 Å². The van der Waals surface area contributed by atoms with E-state index in [-0.39, 0.29) is 41.3 Å². The van der Waals surface area contributed by atoms with Gasteiger partial charge in [0.1, 0.15) is 6.04 Å². The number of likely N-dealkylation sites (tertiary alicyclic amines) is 1. The molecule has 3 aliphatic rings. The molecule has 3 fully saturated rings. The topological polar surface area (TPSA) is 98.3 Å². The molecule has 1 atom stereocenters. The maximum Gasteiger partial charge on any atom is 0.255 e. The largest absolute Gasteiger partial charge is 0.341 e. The molecule has 3 saturated heterocycles. The molecular formula is C21H28N4O5S2. The Morgan fingerprint density at radius 1 is 0.969 bits per heavy atom. The maximum atomic E-state index is 13.2. The van der Waals surface area contributed by atoms with Crippen molar-refractivity contribution < 1.29 is 22.8 Å². The van der Waals surface area contributed by atoms with Crippen LogP contribution in [0.3, 0.4) is 0 Å². The molecule has 0 saturated carbocycles. The van der Waals surface area contributed by atoms with Crippen LogP contribution in [0.25, 0.3) is 0 Å². The van der Waals surface area contributed by atoms with Crippen molar-refractivity contribution >= 4 is 39.5 Å². The molecule has 0 spiro atoms. The van der Waals surface area contributed by atoms with Gasteiger partial charge >= 0.3 is 0 Å². The number of hydrogen-bond acceptors (Lipinski definition) is 6. The van der Waals surface area contributed by atoms with E-state index in [1.165, 1.54) is 35.1 Å². The fraction of sp³-hybridized carbons (Fsp3) is 0.571. The Labute approximate surface area is 192 Å². The zero-order valence-electron chi connectivity index (χ0n) is 18.1. The fourth-order valence-corrected chi connectivity index (χ4v) is 6.96. The molecular weight excluding hydrogens is 452 g/mol. The number of carbonyl (C=O) groups is 3. The van der Waals surface area contributed by atoms with Crippen molar-refractivity contribution in [3.8, 4) is 0 Å². The van der Waals surface area contributed by atoms with Gasteiger partial charge in [0.25, 0.3) is 5.91 Å². The van der Waals surface area contributed by atoms with Gasteiger partial charge in [0, 0.05) is 57.5 Å². The molecule has 3 amide bonds. The number of nitrogens with zero attached hydrogens (tertiary/aromatic N) is 4. The molecule has 9 nitrogen and oxygen atoms in total. The van der Waals surface area contributed by atoms with E-state index in [2.05, 4.69) is 0 Å². The van der Waals surface area contributed by atoms with E-state index >= 15 is 0 Å². The van der Waals surface area contributed by atoms with Gasteiger partial charge in [-0.2, -0.15) is 4.31 Å². The Hall–Kier alpha value is -2.11. The lowest BCUT2D eigenvalue weighted by atomic mass is 10.1. The van der Waals surface area contributed by atoms with Crippen molar-refractivity contribution in [3.05, 3.63) is 29.8 Å². The summed E-state index contributed by atoms with van der Waals surface area (Å²) in [6.07, 6.45) is 1.97. The predicted octanol–water partition coefficient (Wildman–Crippen LogP) is 0.677. The molecule has 1 aromatic rings. The molecule has 0 bridgehead atoms. The standard InChI is InChI=1S/C21H28N4O5S2/c1-16(26)22-9-11-24(12-10-22)32(29,30)18-6-4-5-17(13-18)20(27)25-15-31-14-19(25)21(28)23-7-2-3-8-23/h4-6,13,19H,2-3,7-12,14-15H2,1H3. The third-order valence-corrected chi connectivity index (χ3v) is 9.16. The number of piperazine rings is 1. The first-order valence-electron chi connectivity index (χ1n) is 10.8. The Morgan fingerprint density at radius 3 is 2.31 bits per heavy atom. The first kappa shape index (κ1) is 23.1. The highest BCUT2D eigenvalue weighted by Gasteiger charge is 2.38. The summed E-state index contributed by atoms with van der Waals surface area (Å²) in [5, 5.41) is 0. The average Bonchev–Trinajstić information content (AvgIpc) is 3.51. The van der Waals surface area contributed by atoms with Crippen molar-refractivity contribution in [1.29, 1.82) is 0 Å². The monoisotopic (exact) mass is 480 g/mol. The molecule has 0 aliphatic carbocycles. The van der Waals surface area contributed by atoms with Gasteiger partial charge in [-0.15, -0.1) is 11.8 Å². The summed E-state index contributed by atoms with van der Waals surface area (Å²) in [4.78, 5) is 42.7. The zero-order valence-corrected chi connectivity index (χ0v) is 19.7. The van der Waals surface area contributed by atoms with Crippen LogP contribution in [0.2, 0.25) is 0 Å². The number of rotatable bonds is 4. The molecule has 1 aromatic carbocycles. The summed E-state index contributed by atoms with van der Waals surface area (Å²) < 4.78 is 27.6. The molecule has 1 unspecified atom stereocenters. The Kier molecular flexibility index (Phi) is 6.78. The van der Waals surface area contributed by atoms with Gasteiger partial charge in [0.2, 0.25) is 21.8 Å². The third-order valence-electron chi connectivity index (χ3n) is 6.25. The lowest BCUT2D eigenvalue weighted by Gasteiger charge is -2.33. The van der Waals surface area contributed by atoms with Crippen molar-refractivity contribution in [1.82, 2.24) is 19.0 Å². The van der Waals surface area contributed by atoms with Gasteiger partial charge in [0.15, 0.2) is 0 Å². The van der Waals surface area contributed by atoms with Crippen LogP contribution in [-0.2, 0) is 19.6 Å². The Bertz CT molecular complexity index is 1000. The molecule has 0 radical (unpaired) electrons. The molecule has 3 heterocycles. The van der Waals surface area contributed by atoms with E-state index in [1.807, 2.05) is 4.90 Å². The smallest absolute Gasteiger partial charge is 0.255 e. The van der Waals surface area contributed by atoms with Crippen molar-refractivity contribution in [2.24, 2.45) is 0 Å². The summed E-state index contributed by atoms with van der Waals surface area (Å²) in [5.41, 5.74) is 0.259. The summed E-state index contributed by atoms with van der Waals surface area (Å²) >= 11 is 1.53. The highest BCUT2D eigenvalue weighted by Crippen LogP contribution is 2.27. The Morgan fingerprint density at radius 2 is 1.66 bits per heavy atom. The fourth-order valence-electron chi connectivity index (χ4n) is 4.34. The minimum absolute atomic E-state index is 0.0204. The quantitative estimate of drug-likeness (QED) is 0.629. The molecule has 3 aliphatic heterocycles. The van der Waals surface area contributed by atoms with E-state index in [4.69, 9.17) is 0 Å². The lowest BCUT2D eigenvalue weighted by molar-refractivity contribution is -0.133. The predicted molar refractivity (Wildman–Crippen MR) is 121 cm³/mol. The average molecular weight is 481 g/mol. The summed E-state index contributed by atoms with van der Waals surface area (Å²) in [5.74, 6) is 0.544. The number of hydrogen-bond donors (Lipinski definition) is 0. The normalized spacial score (nSPS) is 22.4. The van der Waals surface area contributed by atoms with Gasteiger partial charge in [-0.25, -0.2) is 8.42 Å². The molecule has 0 N–H and O–H groups in total. The lowest BCUT2D eigenvalue weighted by Crippen LogP contribution is -2.50. The van der Waals surface area contributed by atoms with Crippen LogP contribution in [0, 0.1) is 0 Å². The van der Waals surface area contributed by atoms with Gasteiger partial charge in [-0.05, 0) is 31.0 Å². The number of thioether (sulfide) groups is 1. The van der Waals surface area contributed by atoms with Crippen molar-refractivity contribution in [3.63, 3.8) is 0 Å². The van der Waals surface area contributed by atoms with Crippen LogP contribution in [0.5, 0.6) is 0 Å². The molecule has 32 heavy (non-hydrogen) atoms. The molecule has 174 valence electrons. The van der Waals surface area contributed by atoms with E-state index in [0.717, 1.165) is 25.9 Å². The number of carbonyl (C=O) groups excluding carboxylic acids is 3. The third kappa shape index (κ3) is 4.51. The number of amides is 3. The summed E-state index contributed by atoms with van der Waals surface area (Å²) in [7, 11) is -3.79. The van der Waals surface area contributed by atoms with Gasteiger partial charge in [-0.3, -0.25) is 14.4 Å². The van der Waals surface area contributed by atoms with E-state index in [9.17, 15) is 22.8 Å². The second kappa shape index (κ2) is 9.40. The summed E-state index contributed by atoms with van der Waals surface area (Å²) in [6, 6.07) is 5.53. The van der Waals surface area contributed by atoms with Crippen LogP contribution in [0.1, 0.15) is 30.1 Å². The van der Waals surface area contributed by atoms with E-state index < -0.39 is 16.1 Å². The van der Waals surface area contributed by atoms with Crippen LogP contribution < -0.4 is 0 Å². The van der Waals surface area contributed by atoms with E-state index in [0.29, 0.717) is 24.7 Å². The van der Waals surface area contributed by atoms with Gasteiger partial charge < -0.3 is 14.7 Å². The van der Waals surface area contributed by atoms with Crippen molar-refractivity contribution in [2.45, 2.75) is 30.7 Å². The van der Waals surface area contributed by atoms with Gasteiger partial charge in [0.05, 0.1) is 10.8 Å². The molecule has 0 aromatic heterocycles. The highest BCUT2D eigenvalue weighted by molar-refractivity contribution is 7.99. The number of sulfonamides is 1. The number of benzene rings is 1.